The minimum absolute atomic E-state index is 0.0506. The van der Waals surface area contributed by atoms with Gasteiger partial charge in [-0.05, 0) is 54.4 Å². The fraction of sp³-hybridized carbons (Fsp3) is 0.522. The summed E-state index contributed by atoms with van der Waals surface area (Å²) >= 11 is 0. The SMILES string of the molecule is CC=N/C(C)=C(/C(C)=N)C(=O)Nc1cncc(F)c1N1CCC(C(=O)OC(C)(C)C)CC1. The van der Waals surface area contributed by atoms with Crippen LogP contribution < -0.4 is 10.2 Å². The maximum absolute atomic E-state index is 14.8. The third kappa shape index (κ3) is 6.45. The zero-order valence-corrected chi connectivity index (χ0v) is 19.6. The summed E-state index contributed by atoms with van der Waals surface area (Å²) in [6.45, 7) is 11.2. The molecule has 2 heterocycles. The number of ether oxygens (including phenoxy) is 1. The van der Waals surface area contributed by atoms with Crippen molar-refractivity contribution in [3.63, 3.8) is 0 Å². The topological polar surface area (TPSA) is 108 Å². The minimum atomic E-state index is -0.570. The van der Waals surface area contributed by atoms with Gasteiger partial charge in [0.1, 0.15) is 11.3 Å². The second-order valence-electron chi connectivity index (χ2n) is 8.74. The van der Waals surface area contributed by atoms with Gasteiger partial charge in [-0.2, -0.15) is 0 Å². The molecular formula is C23H32FN5O3. The van der Waals surface area contributed by atoms with Gasteiger partial charge in [0, 0.05) is 25.0 Å². The van der Waals surface area contributed by atoms with E-state index >= 15 is 0 Å². The van der Waals surface area contributed by atoms with Gasteiger partial charge in [-0.1, -0.05) is 0 Å². The van der Waals surface area contributed by atoms with Gasteiger partial charge in [-0.3, -0.25) is 19.6 Å². The number of hydrogen-bond donors (Lipinski definition) is 2. The van der Waals surface area contributed by atoms with E-state index < -0.39 is 17.3 Å². The summed E-state index contributed by atoms with van der Waals surface area (Å²) in [6, 6.07) is 0. The molecule has 8 nitrogen and oxygen atoms in total. The highest BCUT2D eigenvalue weighted by Crippen LogP contribution is 2.33. The van der Waals surface area contributed by atoms with Crippen molar-refractivity contribution in [2.45, 2.75) is 60.0 Å². The Hall–Kier alpha value is -3.10. The molecule has 32 heavy (non-hydrogen) atoms. The Balaban J connectivity index is 2.23. The van der Waals surface area contributed by atoms with Crippen molar-refractivity contribution in [3.05, 3.63) is 29.5 Å². The van der Waals surface area contributed by atoms with Crippen LogP contribution in [0, 0.1) is 17.1 Å². The molecule has 1 amide bonds. The number of nitrogens with zero attached hydrogens (tertiary/aromatic N) is 3. The summed E-state index contributed by atoms with van der Waals surface area (Å²) in [4.78, 5) is 35.0. The molecule has 0 radical (unpaired) electrons. The van der Waals surface area contributed by atoms with Gasteiger partial charge < -0.3 is 20.4 Å². The Morgan fingerprint density at radius 2 is 1.91 bits per heavy atom. The number of esters is 1. The van der Waals surface area contributed by atoms with E-state index in [1.54, 1.807) is 18.7 Å². The number of anilines is 2. The summed E-state index contributed by atoms with van der Waals surface area (Å²) in [5.41, 5.74) is 0.423. The van der Waals surface area contributed by atoms with E-state index in [9.17, 15) is 14.0 Å². The van der Waals surface area contributed by atoms with E-state index in [2.05, 4.69) is 15.3 Å². The normalized spacial score (nSPS) is 16.0. The van der Waals surface area contributed by atoms with Crippen molar-refractivity contribution in [1.29, 1.82) is 5.41 Å². The Labute approximate surface area is 188 Å². The minimum Gasteiger partial charge on any atom is -0.460 e. The monoisotopic (exact) mass is 445 g/mol. The van der Waals surface area contributed by atoms with Gasteiger partial charge in [-0.25, -0.2) is 4.39 Å². The zero-order chi connectivity index (χ0) is 24.1. The molecule has 0 saturated carbocycles. The fourth-order valence-corrected chi connectivity index (χ4v) is 3.61. The highest BCUT2D eigenvalue weighted by atomic mass is 19.1. The lowest BCUT2D eigenvalue weighted by atomic mass is 9.96. The van der Waals surface area contributed by atoms with E-state index in [-0.39, 0.29) is 34.5 Å². The van der Waals surface area contributed by atoms with Crippen LogP contribution in [0.4, 0.5) is 15.8 Å². The summed E-state index contributed by atoms with van der Waals surface area (Å²) < 4.78 is 20.3. The fourth-order valence-electron chi connectivity index (χ4n) is 3.61. The van der Waals surface area contributed by atoms with Gasteiger partial charge in [0.15, 0.2) is 5.82 Å². The van der Waals surface area contributed by atoms with Crippen molar-refractivity contribution in [1.82, 2.24) is 4.98 Å². The lowest BCUT2D eigenvalue weighted by molar-refractivity contribution is -0.160. The van der Waals surface area contributed by atoms with Crippen molar-refractivity contribution in [3.8, 4) is 0 Å². The Morgan fingerprint density at radius 3 is 2.44 bits per heavy atom. The number of nitrogens with one attached hydrogen (secondary N) is 2. The molecular weight excluding hydrogens is 413 g/mol. The van der Waals surface area contributed by atoms with E-state index in [4.69, 9.17) is 10.1 Å². The second kappa shape index (κ2) is 10.5. The summed E-state index contributed by atoms with van der Waals surface area (Å²) in [5.74, 6) is -1.63. The first-order valence-corrected chi connectivity index (χ1v) is 10.6. The molecule has 2 N–H and O–H groups in total. The predicted octanol–water partition coefficient (Wildman–Crippen LogP) is 4.12. The summed E-state index contributed by atoms with van der Waals surface area (Å²) in [5, 5.41) is 10.6. The summed E-state index contributed by atoms with van der Waals surface area (Å²) in [6.07, 6.45) is 5.04. The average Bonchev–Trinajstić information content (AvgIpc) is 2.67. The molecule has 0 aromatic carbocycles. The van der Waals surface area contributed by atoms with Crippen LogP contribution in [0.25, 0.3) is 0 Å². The largest absolute Gasteiger partial charge is 0.460 e. The Morgan fingerprint density at radius 1 is 1.28 bits per heavy atom. The van der Waals surface area contributed by atoms with Gasteiger partial charge in [0.05, 0.1) is 35.3 Å². The summed E-state index contributed by atoms with van der Waals surface area (Å²) in [7, 11) is 0. The molecule has 1 aromatic rings. The number of pyridine rings is 1. The predicted molar refractivity (Wildman–Crippen MR) is 124 cm³/mol. The molecule has 2 rings (SSSR count). The smallest absolute Gasteiger partial charge is 0.309 e. The number of carbonyl (C=O) groups is 2. The first-order valence-electron chi connectivity index (χ1n) is 10.6. The molecule has 0 aliphatic carbocycles. The second-order valence-corrected chi connectivity index (χ2v) is 8.74. The van der Waals surface area contributed by atoms with Gasteiger partial charge in [-0.15, -0.1) is 0 Å². The van der Waals surface area contributed by atoms with Crippen LogP contribution in [0.5, 0.6) is 0 Å². The van der Waals surface area contributed by atoms with Gasteiger partial charge in [0.25, 0.3) is 5.91 Å². The first kappa shape index (κ1) is 25.2. The van der Waals surface area contributed by atoms with Crippen molar-refractivity contribution in [2.24, 2.45) is 10.9 Å². The molecule has 1 aromatic heterocycles. The number of carbonyl (C=O) groups excluding carboxylic acids is 2. The van der Waals surface area contributed by atoms with Crippen LogP contribution in [-0.4, -0.2) is 47.5 Å². The average molecular weight is 446 g/mol. The molecule has 9 heteroatoms. The third-order valence-electron chi connectivity index (χ3n) is 4.96. The number of rotatable bonds is 6. The number of halogens is 1. The first-order chi connectivity index (χ1) is 14.9. The number of aliphatic imine (C=N–C) groups is 1. The van der Waals surface area contributed by atoms with Crippen LogP contribution in [0.3, 0.4) is 0 Å². The molecule has 1 saturated heterocycles. The lowest BCUT2D eigenvalue weighted by Crippen LogP contribution is -2.39. The number of allylic oxidation sites excluding steroid dienone is 1. The van der Waals surface area contributed by atoms with Crippen LogP contribution >= 0.6 is 0 Å². The maximum Gasteiger partial charge on any atom is 0.309 e. The lowest BCUT2D eigenvalue weighted by Gasteiger charge is -2.34. The van der Waals surface area contributed by atoms with Gasteiger partial charge >= 0.3 is 5.97 Å². The van der Waals surface area contributed by atoms with Crippen LogP contribution in [0.1, 0.15) is 54.4 Å². The molecule has 0 bridgehead atoms. The van der Waals surface area contributed by atoms with E-state index in [0.29, 0.717) is 31.6 Å². The molecule has 0 spiro atoms. The Bertz CT molecular complexity index is 941. The van der Waals surface area contributed by atoms with Crippen molar-refractivity contribution in [2.75, 3.05) is 23.3 Å². The molecule has 1 aliphatic heterocycles. The quantitative estimate of drug-likeness (QED) is 0.389. The van der Waals surface area contributed by atoms with E-state index in [1.807, 2.05) is 20.8 Å². The van der Waals surface area contributed by atoms with Crippen molar-refractivity contribution >= 4 is 35.2 Å². The standard InChI is InChI=1S/C23H32FN5O3/c1-7-27-15(3)19(14(2)25)21(30)28-18-13-26-12-17(24)20(18)29-10-8-16(9-11-29)22(31)32-23(4,5)6/h7,12-13,16,25H,8-11H2,1-6H3,(H,28,30)/b19-15-,25-14?,27-7?. The highest BCUT2D eigenvalue weighted by molar-refractivity contribution is 6.24. The van der Waals surface area contributed by atoms with Crippen LogP contribution in [0.15, 0.2) is 28.7 Å². The van der Waals surface area contributed by atoms with Crippen molar-refractivity contribution < 1.29 is 18.7 Å². The van der Waals surface area contributed by atoms with E-state index in [1.165, 1.54) is 19.3 Å². The third-order valence-corrected chi connectivity index (χ3v) is 4.96. The molecule has 174 valence electrons. The number of hydrogen-bond acceptors (Lipinski definition) is 7. The molecule has 1 fully saturated rings. The highest BCUT2D eigenvalue weighted by Gasteiger charge is 2.31. The number of amides is 1. The number of aromatic nitrogens is 1. The van der Waals surface area contributed by atoms with Crippen LogP contribution in [0.2, 0.25) is 0 Å². The Kier molecular flexibility index (Phi) is 8.24. The molecule has 0 atom stereocenters. The van der Waals surface area contributed by atoms with Gasteiger partial charge in [0.2, 0.25) is 0 Å². The van der Waals surface area contributed by atoms with Crippen LogP contribution in [-0.2, 0) is 14.3 Å². The zero-order valence-electron chi connectivity index (χ0n) is 19.6. The maximum atomic E-state index is 14.8. The molecule has 0 unspecified atom stereocenters. The van der Waals surface area contributed by atoms with E-state index in [0.717, 1.165) is 6.20 Å². The number of piperidine rings is 1. The molecule has 1 aliphatic rings.